The standard InChI is InChI=1S/C45H30N6.C36H28OP2.C30H20N2.Bi.H3P.2H/c1-4-16-34(17-5-1)49-40-25-13-10-22-37(40)46-43(49)31-28-32(44-47-38-23-11-14-26-41(38)50(44)35-18-6-2-7-19-35)30-33(29-31)45-48-39-24-12-15-27-42(39)51(45)36-20-8-3-9-21-36;1-5-17-29(18-6-1)38(30-19-7-2-8-20-30)35-27-15-13-25-33(35)37-34-26-14-16-28-36(34)39(31-21-9-3-10-22-31)32-23-11-4-12-24-32;1-5-16-27-23(12-1)24-13-2-6-17-28(24)31(27)21-10-9-11-22(20-21)32-29-18-7-3-14-25(29)26-15-4-8-19-30(26)32;;;;/h1-30H;1-28H;1-20H;;1H3;;/i;;;;1T;;. The first-order chi connectivity index (χ1) is 61.6. The van der Waals surface area contributed by atoms with Crippen molar-refractivity contribution >= 4 is 160 Å². The second kappa shape index (κ2) is 35.9. The van der Waals surface area contributed by atoms with Crippen molar-refractivity contribution in [2.45, 2.75) is 0 Å². The molecule has 1 radical (unpaired) electrons. The number of ether oxygens (including phenoxy) is 1. The molecule has 0 aliphatic rings. The van der Waals surface area contributed by atoms with E-state index in [0.29, 0.717) is 0 Å². The molecule has 9 nitrogen and oxygen atoms in total. The molecule has 13 heteroatoms. The van der Waals surface area contributed by atoms with Gasteiger partial charge in [0, 0.05) is 77.3 Å². The molecule has 5 aromatic heterocycles. The molecule has 0 aliphatic heterocycles. The Balaban J connectivity index is 0.000000124. The van der Waals surface area contributed by atoms with Gasteiger partial charge in [0.2, 0.25) is 0 Å². The van der Waals surface area contributed by atoms with Gasteiger partial charge in [-0.05, 0) is 183 Å². The number of aromatic nitrogens is 8. The van der Waals surface area contributed by atoms with Gasteiger partial charge in [-0.1, -0.05) is 328 Å². The topological polar surface area (TPSA) is 72.5 Å². The predicted molar refractivity (Wildman–Crippen MR) is 532 cm³/mol. The number of rotatable bonds is 16. The molecular formula is C111H83BiN8OP3. The quantitative estimate of drug-likeness (QED) is 0.0714. The van der Waals surface area contributed by atoms with Gasteiger partial charge in [-0.15, -0.1) is 0 Å². The molecule has 18 aromatic carbocycles. The van der Waals surface area contributed by atoms with E-state index in [1.54, 1.807) is 9.84 Å². The van der Waals surface area contributed by atoms with Crippen molar-refractivity contribution < 1.29 is 4.74 Å². The Hall–Kier alpha value is -14.1. The van der Waals surface area contributed by atoms with Crippen LogP contribution in [0.2, 0.25) is 0 Å². The SMILES string of the molecule is [3H]P.[BiH2].c1cc(-n2c3ccccc3c3ccccc32)cc(-n2c3ccccc3c3ccccc32)c1.c1ccc(-n2c(-c3cc(-c4nc5ccccc5n4-c4ccccc4)cc(-c4nc5ccccc5n4-c4ccccc4)c3)nc3ccccc32)cc1.c1ccc(P(c2ccccc2)c2ccccc2Oc2ccccc2P(c2ccccc2)c2ccccc2)cc1. The molecule has 0 saturated carbocycles. The van der Waals surface area contributed by atoms with Crippen molar-refractivity contribution in [1.82, 2.24) is 37.8 Å². The fourth-order valence-corrected chi connectivity index (χ4v) is 21.8. The fourth-order valence-electron chi connectivity index (χ4n) is 17.1. The zero-order chi connectivity index (χ0) is 83.1. The normalized spacial score (nSPS) is 11.3. The van der Waals surface area contributed by atoms with Crippen molar-refractivity contribution in [2.75, 3.05) is 0 Å². The number of para-hydroxylation sites is 15. The maximum Gasteiger partial charge on any atom is 0.145 e. The molecule has 0 fully saturated rings. The summed E-state index contributed by atoms with van der Waals surface area (Å²) in [6.45, 7) is 0. The summed E-state index contributed by atoms with van der Waals surface area (Å²) < 4.78 is 24.1. The van der Waals surface area contributed by atoms with Crippen LogP contribution in [0.5, 0.6) is 11.5 Å². The molecule has 0 bridgehead atoms. The van der Waals surface area contributed by atoms with Crippen LogP contribution in [-0.2, 0) is 0 Å². The van der Waals surface area contributed by atoms with Crippen molar-refractivity contribution in [3.05, 3.63) is 473 Å². The molecular weight excluding hydrogens is 1760 g/mol. The molecule has 124 heavy (non-hydrogen) atoms. The zero-order valence-corrected chi connectivity index (χ0v) is 75.0. The maximum atomic E-state index is 6.92. The van der Waals surface area contributed by atoms with Gasteiger partial charge in [0.05, 0.1) is 56.4 Å². The van der Waals surface area contributed by atoms with E-state index in [1.165, 1.54) is 86.8 Å². The second-order valence-electron chi connectivity index (χ2n) is 29.9. The number of imidazole rings is 3. The smallest absolute Gasteiger partial charge is 0.145 e. The fraction of sp³-hybridized carbons (Fsp3) is 0. The molecule has 23 aromatic rings. The van der Waals surface area contributed by atoms with Crippen LogP contribution in [0.4, 0.5) is 0 Å². The first-order valence-electron chi connectivity index (χ1n) is 41.6. The van der Waals surface area contributed by atoms with Crippen molar-refractivity contribution in [1.29, 1.82) is 1.28 Å². The number of benzene rings is 18. The molecule has 5 heterocycles. The molecule has 0 amide bonds. The van der Waals surface area contributed by atoms with E-state index in [1.807, 2.05) is 36.4 Å². The number of hydrogen-bond acceptors (Lipinski definition) is 4. The average Bonchev–Trinajstić information content (AvgIpc) is 1.59. The molecule has 0 saturated heterocycles. The van der Waals surface area contributed by atoms with Crippen molar-refractivity contribution in [2.24, 2.45) is 0 Å². The molecule has 0 N–H and O–H groups in total. The van der Waals surface area contributed by atoms with E-state index >= 15 is 0 Å². The van der Waals surface area contributed by atoms with Crippen LogP contribution in [-0.4, -0.2) is 65.3 Å². The third-order valence-electron chi connectivity index (χ3n) is 22.4. The van der Waals surface area contributed by atoms with Gasteiger partial charge in [-0.25, -0.2) is 15.0 Å². The summed E-state index contributed by atoms with van der Waals surface area (Å²) in [5.41, 5.74) is 19.2. The van der Waals surface area contributed by atoms with Gasteiger partial charge in [-0.2, -0.15) is 9.84 Å². The maximum absolute atomic E-state index is 6.92. The van der Waals surface area contributed by atoms with Crippen LogP contribution >= 0.6 is 25.7 Å². The number of hydrogen-bond donors (Lipinski definition) is 0. The minimum Gasteiger partial charge on any atom is -0.456 e. The summed E-state index contributed by atoms with van der Waals surface area (Å²) in [7, 11) is 0.0761. The Morgan fingerprint density at radius 1 is 0.210 bits per heavy atom. The summed E-state index contributed by atoms with van der Waals surface area (Å²) in [4.78, 5) is 15.9. The van der Waals surface area contributed by atoms with Gasteiger partial charge in [0.15, 0.2) is 0 Å². The van der Waals surface area contributed by atoms with Crippen LogP contribution in [0.25, 0.3) is 139 Å². The van der Waals surface area contributed by atoms with Gasteiger partial charge in [-0.3, -0.25) is 13.7 Å². The van der Waals surface area contributed by atoms with Gasteiger partial charge in [0.1, 0.15) is 29.0 Å². The van der Waals surface area contributed by atoms with Crippen LogP contribution < -0.4 is 36.6 Å². The zero-order valence-electron chi connectivity index (χ0n) is 68.6. The second-order valence-corrected chi connectivity index (χ2v) is 34.3. The van der Waals surface area contributed by atoms with Crippen LogP contribution in [0.3, 0.4) is 0 Å². The summed E-state index contributed by atoms with van der Waals surface area (Å²) >= 11 is 0. The summed E-state index contributed by atoms with van der Waals surface area (Å²) in [6, 6.07) is 167. The van der Waals surface area contributed by atoms with E-state index in [0.717, 1.165) is 95.8 Å². The van der Waals surface area contributed by atoms with Gasteiger partial charge in [0.25, 0.3) is 0 Å². The third-order valence-corrected chi connectivity index (χ3v) is 27.4. The monoisotopic (exact) mass is 1850 g/mol. The van der Waals surface area contributed by atoms with E-state index in [4.69, 9.17) is 21.0 Å². The first kappa shape index (κ1) is 78.5. The summed E-state index contributed by atoms with van der Waals surface area (Å²) in [6.07, 6.45) is 0. The van der Waals surface area contributed by atoms with Crippen molar-refractivity contribution in [3.63, 3.8) is 0 Å². The Labute approximate surface area is 745 Å². The largest absolute Gasteiger partial charge is 0.456 e. The van der Waals surface area contributed by atoms with E-state index < -0.39 is 15.8 Å². The predicted octanol–water partition coefficient (Wildman–Crippen LogP) is 24.7. The van der Waals surface area contributed by atoms with Crippen LogP contribution in [0, 0.1) is 0 Å². The molecule has 1 unspecified atom stereocenters. The molecule has 0 aliphatic carbocycles. The molecule has 1 atom stereocenters. The Kier molecular flexibility index (Phi) is 22.7. The molecule has 593 valence electrons. The Bertz CT molecular complexity index is 6940. The van der Waals surface area contributed by atoms with Crippen LogP contribution in [0.15, 0.2) is 473 Å². The molecule has 0 spiro atoms. The van der Waals surface area contributed by atoms with E-state index in [2.05, 4.69) is 460 Å². The third kappa shape index (κ3) is 15.4. The van der Waals surface area contributed by atoms with Crippen molar-refractivity contribution in [3.8, 4) is 74.1 Å². The first-order valence-corrected chi connectivity index (χ1v) is 43.8. The minimum absolute atomic E-state index is 0. The average molecular weight is 1850 g/mol. The number of nitrogens with zero attached hydrogens (tertiary/aromatic N) is 8. The minimum atomic E-state index is -0.795. The Morgan fingerprint density at radius 3 is 0.726 bits per heavy atom. The van der Waals surface area contributed by atoms with E-state index in [9.17, 15) is 0 Å². The van der Waals surface area contributed by atoms with Crippen LogP contribution in [0.1, 0.15) is 0 Å². The Morgan fingerprint density at radius 2 is 0.435 bits per heavy atom. The van der Waals surface area contributed by atoms with Gasteiger partial charge >= 0.3 is 26.2 Å². The summed E-state index contributed by atoms with van der Waals surface area (Å²) in [5, 5.41) is 12.8. The summed E-state index contributed by atoms with van der Waals surface area (Å²) in [5.74, 6) is 4.33. The molecule has 23 rings (SSSR count). The van der Waals surface area contributed by atoms with E-state index in [-0.39, 0.29) is 26.2 Å². The van der Waals surface area contributed by atoms with Gasteiger partial charge < -0.3 is 13.9 Å². The number of fused-ring (bicyclic) bond motifs is 9.